The maximum Gasteiger partial charge on any atom is 0.137 e. The second-order valence-corrected chi connectivity index (χ2v) is 3.51. The molecule has 0 aliphatic rings. The highest BCUT2D eigenvalue weighted by atomic mass is 16.5. The summed E-state index contributed by atoms with van der Waals surface area (Å²) < 4.78 is 5.22. The normalized spacial score (nSPS) is 9.56. The Hall–Kier alpha value is -2.00. The zero-order chi connectivity index (χ0) is 12.0. The standard InChI is InChI=1S/C13H14N2O/c1-3-12-7-10(4-5-13(12)16-2)6-11(8-14)9-15/h4-5,7,11H,3,6H2,1-2H3. The molecule has 0 atom stereocenters. The van der Waals surface area contributed by atoms with Crippen molar-refractivity contribution in [2.24, 2.45) is 5.92 Å². The van der Waals surface area contributed by atoms with Crippen LogP contribution in [0, 0.1) is 28.6 Å². The molecule has 0 radical (unpaired) electrons. The molecule has 1 aromatic rings. The molecule has 0 bridgehead atoms. The van der Waals surface area contributed by atoms with Crippen LogP contribution in [0.25, 0.3) is 0 Å². The van der Waals surface area contributed by atoms with Crippen molar-refractivity contribution in [3.63, 3.8) is 0 Å². The van der Waals surface area contributed by atoms with Gasteiger partial charge in [-0.05, 0) is 23.6 Å². The fourth-order valence-electron chi connectivity index (χ4n) is 1.59. The maximum atomic E-state index is 8.72. The molecular weight excluding hydrogens is 200 g/mol. The largest absolute Gasteiger partial charge is 0.496 e. The lowest BCUT2D eigenvalue weighted by atomic mass is 9.99. The van der Waals surface area contributed by atoms with Gasteiger partial charge in [0.1, 0.15) is 11.7 Å². The van der Waals surface area contributed by atoms with E-state index in [0.717, 1.165) is 23.3 Å². The van der Waals surface area contributed by atoms with Gasteiger partial charge in [-0.1, -0.05) is 19.1 Å². The number of rotatable bonds is 4. The van der Waals surface area contributed by atoms with Gasteiger partial charge in [-0.2, -0.15) is 10.5 Å². The molecule has 0 fully saturated rings. The van der Waals surface area contributed by atoms with E-state index in [4.69, 9.17) is 15.3 Å². The second kappa shape index (κ2) is 5.78. The highest BCUT2D eigenvalue weighted by Crippen LogP contribution is 2.21. The summed E-state index contributed by atoms with van der Waals surface area (Å²) in [4.78, 5) is 0. The van der Waals surface area contributed by atoms with Crippen molar-refractivity contribution in [2.75, 3.05) is 7.11 Å². The van der Waals surface area contributed by atoms with Crippen LogP contribution >= 0.6 is 0 Å². The summed E-state index contributed by atoms with van der Waals surface area (Å²) in [6.45, 7) is 2.05. The van der Waals surface area contributed by atoms with Crippen LogP contribution in [0.15, 0.2) is 18.2 Å². The van der Waals surface area contributed by atoms with E-state index in [1.807, 2.05) is 37.3 Å². The van der Waals surface area contributed by atoms with Gasteiger partial charge in [0, 0.05) is 6.42 Å². The van der Waals surface area contributed by atoms with E-state index in [0.29, 0.717) is 6.42 Å². The highest BCUT2D eigenvalue weighted by Gasteiger charge is 2.09. The highest BCUT2D eigenvalue weighted by molar-refractivity contribution is 5.38. The van der Waals surface area contributed by atoms with Crippen molar-refractivity contribution in [3.05, 3.63) is 29.3 Å². The fourth-order valence-corrected chi connectivity index (χ4v) is 1.59. The van der Waals surface area contributed by atoms with E-state index in [9.17, 15) is 0 Å². The van der Waals surface area contributed by atoms with E-state index in [1.165, 1.54) is 0 Å². The number of nitrogens with zero attached hydrogens (tertiary/aromatic N) is 2. The zero-order valence-electron chi connectivity index (χ0n) is 9.53. The van der Waals surface area contributed by atoms with Gasteiger partial charge in [0.15, 0.2) is 0 Å². The first-order valence-electron chi connectivity index (χ1n) is 5.20. The molecule has 82 valence electrons. The molecule has 0 saturated carbocycles. The van der Waals surface area contributed by atoms with Gasteiger partial charge < -0.3 is 4.74 Å². The quantitative estimate of drug-likeness (QED) is 0.773. The van der Waals surface area contributed by atoms with Crippen molar-refractivity contribution in [1.82, 2.24) is 0 Å². The lowest BCUT2D eigenvalue weighted by Gasteiger charge is -2.09. The number of benzene rings is 1. The Labute approximate surface area is 95.9 Å². The minimum Gasteiger partial charge on any atom is -0.496 e. The third-order valence-electron chi connectivity index (χ3n) is 2.48. The first-order chi connectivity index (χ1) is 7.74. The Morgan fingerprint density at radius 3 is 2.50 bits per heavy atom. The average Bonchev–Trinajstić information content (AvgIpc) is 2.35. The van der Waals surface area contributed by atoms with Gasteiger partial charge in [0.05, 0.1) is 19.2 Å². The van der Waals surface area contributed by atoms with E-state index >= 15 is 0 Å². The van der Waals surface area contributed by atoms with Crippen molar-refractivity contribution in [2.45, 2.75) is 19.8 Å². The van der Waals surface area contributed by atoms with Crippen LogP contribution in [-0.4, -0.2) is 7.11 Å². The fraction of sp³-hybridized carbons (Fsp3) is 0.385. The number of methoxy groups -OCH3 is 1. The summed E-state index contributed by atoms with van der Waals surface area (Å²) in [5.74, 6) is 0.287. The van der Waals surface area contributed by atoms with Crippen LogP contribution < -0.4 is 4.74 Å². The summed E-state index contributed by atoms with van der Waals surface area (Å²) in [6.07, 6.45) is 1.35. The molecule has 16 heavy (non-hydrogen) atoms. The molecule has 1 rings (SSSR count). The lowest BCUT2D eigenvalue weighted by molar-refractivity contribution is 0.410. The summed E-state index contributed by atoms with van der Waals surface area (Å²) >= 11 is 0. The summed E-state index contributed by atoms with van der Waals surface area (Å²) in [6, 6.07) is 9.74. The zero-order valence-corrected chi connectivity index (χ0v) is 9.53. The summed E-state index contributed by atoms with van der Waals surface area (Å²) in [5.41, 5.74) is 2.11. The Bertz CT molecular complexity index is 426. The van der Waals surface area contributed by atoms with Crippen LogP contribution in [0.4, 0.5) is 0 Å². The smallest absolute Gasteiger partial charge is 0.137 e. The average molecular weight is 214 g/mol. The Balaban J connectivity index is 2.92. The molecule has 0 N–H and O–H groups in total. The van der Waals surface area contributed by atoms with Crippen LogP contribution in [0.5, 0.6) is 5.75 Å². The van der Waals surface area contributed by atoms with Crippen molar-refractivity contribution in [1.29, 1.82) is 10.5 Å². The molecule has 0 aliphatic carbocycles. The van der Waals surface area contributed by atoms with Crippen LogP contribution in [0.2, 0.25) is 0 Å². The minimum atomic E-state index is -0.571. The van der Waals surface area contributed by atoms with E-state index < -0.39 is 5.92 Å². The minimum absolute atomic E-state index is 0.476. The first kappa shape index (κ1) is 12.1. The summed E-state index contributed by atoms with van der Waals surface area (Å²) in [5, 5.41) is 17.4. The van der Waals surface area contributed by atoms with Crippen LogP contribution in [0.1, 0.15) is 18.1 Å². The topological polar surface area (TPSA) is 56.8 Å². The molecule has 0 aliphatic heterocycles. The predicted octanol–water partition coefficient (Wildman–Crippen LogP) is 2.46. The van der Waals surface area contributed by atoms with Crippen molar-refractivity contribution >= 4 is 0 Å². The predicted molar refractivity (Wildman–Crippen MR) is 60.8 cm³/mol. The maximum absolute atomic E-state index is 8.72. The Kier molecular flexibility index (Phi) is 4.36. The SMILES string of the molecule is CCc1cc(CC(C#N)C#N)ccc1OC. The number of hydrogen-bond donors (Lipinski definition) is 0. The number of nitriles is 2. The molecule has 3 heteroatoms. The van der Waals surface area contributed by atoms with E-state index in [2.05, 4.69) is 0 Å². The van der Waals surface area contributed by atoms with Gasteiger partial charge in [-0.25, -0.2) is 0 Å². The molecule has 0 aromatic heterocycles. The molecular formula is C13H14N2O. The van der Waals surface area contributed by atoms with Gasteiger partial charge in [0.25, 0.3) is 0 Å². The monoisotopic (exact) mass is 214 g/mol. The van der Waals surface area contributed by atoms with Crippen LogP contribution in [0.3, 0.4) is 0 Å². The van der Waals surface area contributed by atoms with E-state index in [-0.39, 0.29) is 0 Å². The molecule has 3 nitrogen and oxygen atoms in total. The van der Waals surface area contributed by atoms with Gasteiger partial charge in [0.2, 0.25) is 0 Å². The lowest BCUT2D eigenvalue weighted by Crippen LogP contribution is -2.00. The summed E-state index contributed by atoms with van der Waals surface area (Å²) in [7, 11) is 1.64. The number of aryl methyl sites for hydroxylation is 1. The van der Waals surface area contributed by atoms with Crippen molar-refractivity contribution < 1.29 is 4.74 Å². The molecule has 0 heterocycles. The van der Waals surface area contributed by atoms with Gasteiger partial charge in [-0.3, -0.25) is 0 Å². The Morgan fingerprint density at radius 1 is 1.31 bits per heavy atom. The molecule has 0 saturated heterocycles. The molecule has 1 aromatic carbocycles. The third-order valence-corrected chi connectivity index (χ3v) is 2.48. The van der Waals surface area contributed by atoms with Crippen molar-refractivity contribution in [3.8, 4) is 17.9 Å². The number of ether oxygens (including phenoxy) is 1. The molecule has 0 unspecified atom stereocenters. The van der Waals surface area contributed by atoms with Crippen LogP contribution in [-0.2, 0) is 12.8 Å². The van der Waals surface area contributed by atoms with E-state index in [1.54, 1.807) is 7.11 Å². The third kappa shape index (κ3) is 2.74. The van der Waals surface area contributed by atoms with Gasteiger partial charge >= 0.3 is 0 Å². The second-order valence-electron chi connectivity index (χ2n) is 3.51. The molecule has 0 spiro atoms. The van der Waals surface area contributed by atoms with Gasteiger partial charge in [-0.15, -0.1) is 0 Å². The number of hydrogen-bond acceptors (Lipinski definition) is 3. The first-order valence-corrected chi connectivity index (χ1v) is 5.20. The molecule has 0 amide bonds. The Morgan fingerprint density at radius 2 is 2.00 bits per heavy atom.